The van der Waals surface area contributed by atoms with Crippen LogP contribution in [0, 0.1) is 0 Å². The molecule has 0 amide bonds. The molecule has 3 heterocycles. The fraction of sp³-hybridized carbons (Fsp3) is 0.154. The highest BCUT2D eigenvalue weighted by Gasteiger charge is 2.38. The largest absolute Gasteiger partial charge is 0.471 e. The van der Waals surface area contributed by atoms with Gasteiger partial charge in [-0.2, -0.15) is 18.2 Å². The first-order valence-corrected chi connectivity index (χ1v) is 6.37. The molecule has 0 radical (unpaired) electrons. The second-order valence-corrected chi connectivity index (χ2v) is 4.44. The predicted molar refractivity (Wildman–Crippen MR) is 71.9 cm³/mol. The number of anilines is 1. The van der Waals surface area contributed by atoms with Crippen LogP contribution in [0.3, 0.4) is 0 Å². The van der Waals surface area contributed by atoms with E-state index in [0.29, 0.717) is 17.8 Å². The monoisotopic (exact) mass is 322 g/mol. The Labute approximate surface area is 127 Å². The highest BCUT2D eigenvalue weighted by molar-refractivity contribution is 5.52. The molecule has 10 heteroatoms. The Kier molecular flexibility index (Phi) is 3.87. The summed E-state index contributed by atoms with van der Waals surface area (Å²) in [4.78, 5) is 15.2. The average molecular weight is 322 g/mol. The molecule has 0 aromatic carbocycles. The molecule has 118 valence electrons. The van der Waals surface area contributed by atoms with Gasteiger partial charge in [-0.15, -0.1) is 0 Å². The summed E-state index contributed by atoms with van der Waals surface area (Å²) in [7, 11) is 0. The molecule has 0 atom stereocenters. The maximum absolute atomic E-state index is 12.4. The number of pyridine rings is 1. The van der Waals surface area contributed by atoms with Crippen molar-refractivity contribution in [2.45, 2.75) is 12.7 Å². The van der Waals surface area contributed by atoms with Gasteiger partial charge in [-0.25, -0.2) is 9.97 Å². The van der Waals surface area contributed by atoms with Crippen LogP contribution in [0.15, 0.2) is 41.6 Å². The van der Waals surface area contributed by atoms with Crippen molar-refractivity contribution in [1.29, 1.82) is 0 Å². The minimum Gasteiger partial charge on any atom is -0.377 e. The predicted octanol–water partition coefficient (Wildman–Crippen LogP) is 2.55. The van der Waals surface area contributed by atoms with Gasteiger partial charge < -0.3 is 9.84 Å². The third kappa shape index (κ3) is 3.59. The lowest BCUT2D eigenvalue weighted by atomic mass is 10.2. The smallest absolute Gasteiger partial charge is 0.377 e. The Balaban J connectivity index is 1.68. The van der Waals surface area contributed by atoms with E-state index in [4.69, 9.17) is 0 Å². The van der Waals surface area contributed by atoms with Crippen LogP contribution in [0.4, 0.5) is 18.9 Å². The number of nitrogens with zero attached hydrogens (tertiary/aromatic N) is 5. The average Bonchev–Trinajstić information content (AvgIpc) is 3.05. The summed E-state index contributed by atoms with van der Waals surface area (Å²) in [5.74, 6) is -1.55. The molecule has 23 heavy (non-hydrogen) atoms. The summed E-state index contributed by atoms with van der Waals surface area (Å²) < 4.78 is 41.4. The number of hydrogen-bond acceptors (Lipinski definition) is 7. The van der Waals surface area contributed by atoms with Crippen molar-refractivity contribution >= 4 is 5.69 Å². The van der Waals surface area contributed by atoms with Crippen molar-refractivity contribution < 1.29 is 17.7 Å². The van der Waals surface area contributed by atoms with Gasteiger partial charge in [-0.3, -0.25) is 4.98 Å². The van der Waals surface area contributed by atoms with Crippen LogP contribution in [-0.4, -0.2) is 25.1 Å². The summed E-state index contributed by atoms with van der Waals surface area (Å²) in [6.07, 6.45) is 1.35. The number of alkyl halides is 3. The van der Waals surface area contributed by atoms with E-state index in [1.807, 2.05) is 0 Å². The van der Waals surface area contributed by atoms with E-state index in [0.717, 1.165) is 5.69 Å². The first-order valence-electron chi connectivity index (χ1n) is 6.37. The van der Waals surface area contributed by atoms with Crippen LogP contribution in [0.25, 0.3) is 11.4 Å². The topological polar surface area (TPSA) is 89.6 Å². The van der Waals surface area contributed by atoms with Crippen LogP contribution >= 0.6 is 0 Å². The Morgan fingerprint density at radius 1 is 1.09 bits per heavy atom. The number of halogens is 3. The van der Waals surface area contributed by atoms with Crippen molar-refractivity contribution in [3.8, 4) is 11.4 Å². The second-order valence-electron chi connectivity index (χ2n) is 4.44. The minimum atomic E-state index is -4.67. The maximum Gasteiger partial charge on any atom is 0.471 e. The van der Waals surface area contributed by atoms with Crippen LogP contribution in [0.1, 0.15) is 11.6 Å². The van der Waals surface area contributed by atoms with Gasteiger partial charge in [0.15, 0.2) is 0 Å². The SMILES string of the molecule is FC(F)(F)c1nc(-c2ccc(CNc3cncnc3)nc2)no1. The molecule has 7 nitrogen and oxygen atoms in total. The van der Waals surface area contributed by atoms with Gasteiger partial charge in [-0.05, 0) is 12.1 Å². The number of rotatable bonds is 4. The summed E-state index contributed by atoms with van der Waals surface area (Å²) in [6, 6.07) is 3.21. The van der Waals surface area contributed by atoms with Gasteiger partial charge in [-0.1, -0.05) is 5.16 Å². The Hall–Kier alpha value is -3.04. The first kappa shape index (κ1) is 14.9. The van der Waals surface area contributed by atoms with Crippen molar-refractivity contribution in [3.63, 3.8) is 0 Å². The highest BCUT2D eigenvalue weighted by Crippen LogP contribution is 2.29. The number of hydrogen-bond donors (Lipinski definition) is 1. The quantitative estimate of drug-likeness (QED) is 0.789. The van der Waals surface area contributed by atoms with Gasteiger partial charge in [0.05, 0.1) is 30.3 Å². The Bertz CT molecular complexity index is 772. The van der Waals surface area contributed by atoms with Crippen LogP contribution < -0.4 is 5.32 Å². The lowest BCUT2D eigenvalue weighted by molar-refractivity contribution is -0.159. The normalized spacial score (nSPS) is 11.4. The van der Waals surface area contributed by atoms with Gasteiger partial charge in [0, 0.05) is 11.8 Å². The van der Waals surface area contributed by atoms with Crippen molar-refractivity contribution in [3.05, 3.63) is 48.6 Å². The molecule has 3 rings (SSSR count). The molecule has 0 aliphatic carbocycles. The zero-order valence-corrected chi connectivity index (χ0v) is 11.4. The molecule has 0 bridgehead atoms. The van der Waals surface area contributed by atoms with Crippen molar-refractivity contribution in [2.24, 2.45) is 0 Å². The van der Waals surface area contributed by atoms with E-state index < -0.39 is 12.1 Å². The maximum atomic E-state index is 12.4. The van der Waals surface area contributed by atoms with Crippen LogP contribution in [0.5, 0.6) is 0 Å². The molecule has 0 saturated carbocycles. The first-order chi connectivity index (χ1) is 11.0. The summed E-state index contributed by atoms with van der Waals surface area (Å²) in [5, 5.41) is 6.36. The summed E-state index contributed by atoms with van der Waals surface area (Å²) >= 11 is 0. The van der Waals surface area contributed by atoms with Crippen LogP contribution in [0.2, 0.25) is 0 Å². The van der Waals surface area contributed by atoms with E-state index in [-0.39, 0.29) is 5.82 Å². The van der Waals surface area contributed by atoms with Gasteiger partial charge >= 0.3 is 12.1 Å². The van der Waals surface area contributed by atoms with E-state index >= 15 is 0 Å². The van der Waals surface area contributed by atoms with Gasteiger partial charge in [0.25, 0.3) is 0 Å². The molecule has 3 aromatic heterocycles. The van der Waals surface area contributed by atoms with Crippen molar-refractivity contribution in [2.75, 3.05) is 5.32 Å². The molecule has 0 aliphatic rings. The lowest BCUT2D eigenvalue weighted by Crippen LogP contribution is -2.05. The standard InChI is InChI=1S/C13H9F3N6O/c14-13(15,16)12-21-11(22-23-12)8-1-2-9(19-3-8)6-20-10-4-17-7-18-5-10/h1-5,7,20H,6H2. The number of aromatic nitrogens is 5. The zero-order chi connectivity index (χ0) is 16.3. The Morgan fingerprint density at radius 2 is 1.87 bits per heavy atom. The summed E-state index contributed by atoms with van der Waals surface area (Å²) in [5.41, 5.74) is 1.74. The third-order valence-electron chi connectivity index (χ3n) is 2.79. The van der Waals surface area contributed by atoms with E-state index in [1.165, 1.54) is 12.5 Å². The number of nitrogens with one attached hydrogen (secondary N) is 1. The molecular formula is C13H9F3N6O. The van der Waals surface area contributed by atoms with E-state index in [9.17, 15) is 13.2 Å². The molecule has 3 aromatic rings. The van der Waals surface area contributed by atoms with Gasteiger partial charge in [0.2, 0.25) is 5.82 Å². The Morgan fingerprint density at radius 3 is 2.48 bits per heavy atom. The minimum absolute atomic E-state index is 0.166. The lowest BCUT2D eigenvalue weighted by Gasteiger charge is -2.04. The molecule has 0 aliphatic heterocycles. The van der Waals surface area contributed by atoms with Crippen molar-refractivity contribution in [1.82, 2.24) is 25.1 Å². The van der Waals surface area contributed by atoms with Gasteiger partial charge in [0.1, 0.15) is 6.33 Å². The third-order valence-corrected chi connectivity index (χ3v) is 2.79. The molecule has 0 saturated heterocycles. The molecule has 1 N–H and O–H groups in total. The second kappa shape index (κ2) is 5.99. The van der Waals surface area contributed by atoms with E-state index in [2.05, 4.69) is 34.9 Å². The zero-order valence-electron chi connectivity index (χ0n) is 11.4. The summed E-state index contributed by atoms with van der Waals surface area (Å²) in [6.45, 7) is 0.410. The van der Waals surface area contributed by atoms with Crippen LogP contribution in [-0.2, 0) is 12.7 Å². The molecule has 0 unspecified atom stereocenters. The fourth-order valence-electron chi connectivity index (χ4n) is 1.70. The fourth-order valence-corrected chi connectivity index (χ4v) is 1.70. The molecule has 0 spiro atoms. The molecule has 0 fully saturated rings. The molecular weight excluding hydrogens is 313 g/mol. The van der Waals surface area contributed by atoms with E-state index in [1.54, 1.807) is 24.5 Å². The highest BCUT2D eigenvalue weighted by atomic mass is 19.4.